The summed E-state index contributed by atoms with van der Waals surface area (Å²) in [4.78, 5) is 25.1. The molecule has 1 aromatic heterocycles. The summed E-state index contributed by atoms with van der Waals surface area (Å²) in [6, 6.07) is 13.9. The van der Waals surface area contributed by atoms with Crippen molar-refractivity contribution < 1.29 is 31.5 Å². The largest absolute Gasteiger partial charge is 0.485 e. The Morgan fingerprint density at radius 1 is 0.970 bits per heavy atom. The van der Waals surface area contributed by atoms with Gasteiger partial charge in [-0.05, 0) is 54.1 Å². The number of hydrogen-bond acceptors (Lipinski definition) is 4. The van der Waals surface area contributed by atoms with E-state index >= 15 is 0 Å². The van der Waals surface area contributed by atoms with E-state index in [0.717, 1.165) is 18.2 Å². The Morgan fingerprint density at radius 3 is 2.27 bits per heavy atom. The summed E-state index contributed by atoms with van der Waals surface area (Å²) >= 11 is 5.80. The van der Waals surface area contributed by atoms with E-state index in [1.807, 2.05) is 0 Å². The number of halogens is 5. The number of hydrogen-bond donors (Lipinski definition) is 0. The maximum absolute atomic E-state index is 13.7. The molecule has 0 atom stereocenters. The lowest BCUT2D eigenvalue weighted by Crippen LogP contribution is -2.16. The van der Waals surface area contributed by atoms with Gasteiger partial charge in [0.1, 0.15) is 17.1 Å². The maximum Gasteiger partial charge on any atom is 0.450 e. The molecule has 0 radical (unpaired) electrons. The first-order chi connectivity index (χ1) is 15.6. The fourth-order valence-electron chi connectivity index (χ4n) is 3.21. The second kappa shape index (κ2) is 8.71. The third kappa shape index (κ3) is 4.75. The molecule has 9 heteroatoms. The summed E-state index contributed by atoms with van der Waals surface area (Å²) in [7, 11) is 0. The van der Waals surface area contributed by atoms with Crippen molar-refractivity contribution in [3.8, 4) is 16.9 Å². The van der Waals surface area contributed by atoms with Crippen LogP contribution in [0.2, 0.25) is 5.02 Å². The average Bonchev–Trinajstić information content (AvgIpc) is 2.78. The molecule has 0 spiro atoms. The van der Waals surface area contributed by atoms with E-state index in [-0.39, 0.29) is 27.8 Å². The Labute approximate surface area is 189 Å². The minimum absolute atomic E-state index is 0.00703. The molecular formula is C24H13ClF4O4. The molecule has 0 fully saturated rings. The smallest absolute Gasteiger partial charge is 0.450 e. The third-order valence-electron chi connectivity index (χ3n) is 4.79. The third-order valence-corrected chi connectivity index (χ3v) is 5.04. The van der Waals surface area contributed by atoms with Crippen molar-refractivity contribution in [2.75, 3.05) is 6.61 Å². The molecule has 4 rings (SSSR count). The van der Waals surface area contributed by atoms with Gasteiger partial charge >= 0.3 is 6.18 Å². The normalized spacial score (nSPS) is 11.5. The number of Topliss-reactive ketones (excluding diaryl/α,β-unsaturated/α-hetero) is 1. The number of rotatable bonds is 5. The highest BCUT2D eigenvalue weighted by atomic mass is 35.5. The molecule has 168 valence electrons. The second-order valence-electron chi connectivity index (χ2n) is 7.02. The standard InChI is InChI=1S/C24H13ClF4O4/c25-15-5-1-14(2-6-15)21-22(31)18-10-9-17(11-20(18)33-23(21)24(27,28)29)32-12-19(30)13-3-7-16(26)8-4-13/h1-11H,12H2. The SMILES string of the molecule is O=C(COc1ccc2c(=O)c(-c3ccc(Cl)cc3)c(C(F)(F)F)oc2c1)c1ccc(F)cc1. The van der Waals surface area contributed by atoms with Crippen molar-refractivity contribution in [2.45, 2.75) is 6.18 Å². The number of ether oxygens (including phenoxy) is 1. The number of ketones is 1. The highest BCUT2D eigenvalue weighted by Gasteiger charge is 2.39. The minimum atomic E-state index is -4.95. The van der Waals surface area contributed by atoms with Gasteiger partial charge in [-0.1, -0.05) is 23.7 Å². The summed E-state index contributed by atoms with van der Waals surface area (Å²) in [6.07, 6.45) is -4.95. The van der Waals surface area contributed by atoms with Crippen LogP contribution in [0.5, 0.6) is 5.75 Å². The minimum Gasteiger partial charge on any atom is -0.485 e. The quantitative estimate of drug-likeness (QED) is 0.243. The number of carbonyl (C=O) groups excluding carboxylic acids is 1. The number of alkyl halides is 3. The van der Waals surface area contributed by atoms with Crippen molar-refractivity contribution >= 4 is 28.4 Å². The van der Waals surface area contributed by atoms with Gasteiger partial charge in [0.25, 0.3) is 0 Å². The molecule has 0 unspecified atom stereocenters. The Kier molecular flexibility index (Phi) is 5.95. The molecule has 4 nitrogen and oxygen atoms in total. The van der Waals surface area contributed by atoms with Gasteiger partial charge in [0.15, 0.2) is 12.4 Å². The van der Waals surface area contributed by atoms with E-state index in [2.05, 4.69) is 0 Å². The van der Waals surface area contributed by atoms with Gasteiger partial charge in [-0.2, -0.15) is 13.2 Å². The van der Waals surface area contributed by atoms with Gasteiger partial charge in [-0.3, -0.25) is 9.59 Å². The van der Waals surface area contributed by atoms with E-state index in [1.54, 1.807) is 0 Å². The molecule has 0 saturated heterocycles. The molecule has 1 heterocycles. The van der Waals surface area contributed by atoms with Crippen LogP contribution >= 0.6 is 11.6 Å². The van der Waals surface area contributed by atoms with Gasteiger partial charge in [-0.25, -0.2) is 4.39 Å². The Balaban J connectivity index is 1.71. The Hall–Kier alpha value is -3.65. The maximum atomic E-state index is 13.7. The van der Waals surface area contributed by atoms with Crippen LogP contribution in [0.3, 0.4) is 0 Å². The Bertz CT molecular complexity index is 1390. The summed E-state index contributed by atoms with van der Waals surface area (Å²) < 4.78 is 64.6. The topological polar surface area (TPSA) is 56.5 Å². The molecule has 4 aromatic rings. The lowest BCUT2D eigenvalue weighted by atomic mass is 10.0. The molecule has 0 N–H and O–H groups in total. The van der Waals surface area contributed by atoms with E-state index in [0.29, 0.717) is 5.02 Å². The first-order valence-electron chi connectivity index (χ1n) is 9.49. The highest BCUT2D eigenvalue weighted by molar-refractivity contribution is 6.30. The lowest BCUT2D eigenvalue weighted by Gasteiger charge is -2.13. The zero-order valence-corrected chi connectivity index (χ0v) is 17.3. The molecule has 0 aliphatic heterocycles. The summed E-state index contributed by atoms with van der Waals surface area (Å²) in [5.74, 6) is -2.41. The van der Waals surface area contributed by atoms with Crippen LogP contribution in [0.25, 0.3) is 22.1 Å². The monoisotopic (exact) mass is 476 g/mol. The zero-order valence-electron chi connectivity index (χ0n) is 16.6. The van der Waals surface area contributed by atoms with Crippen molar-refractivity contribution in [3.05, 3.63) is 99.1 Å². The van der Waals surface area contributed by atoms with Gasteiger partial charge < -0.3 is 9.15 Å². The summed E-state index contributed by atoms with van der Waals surface area (Å²) in [5.41, 5.74) is -1.65. The lowest BCUT2D eigenvalue weighted by molar-refractivity contribution is -0.152. The molecular weight excluding hydrogens is 464 g/mol. The van der Waals surface area contributed by atoms with Crippen LogP contribution in [0.15, 0.2) is 75.9 Å². The average molecular weight is 477 g/mol. The van der Waals surface area contributed by atoms with E-state index in [4.69, 9.17) is 20.8 Å². The second-order valence-corrected chi connectivity index (χ2v) is 7.45. The predicted octanol–water partition coefficient (Wildman–Crippen LogP) is 6.53. The Morgan fingerprint density at radius 2 is 1.64 bits per heavy atom. The first-order valence-corrected chi connectivity index (χ1v) is 9.87. The van der Waals surface area contributed by atoms with Gasteiger partial charge in [0.2, 0.25) is 11.2 Å². The van der Waals surface area contributed by atoms with Gasteiger partial charge in [-0.15, -0.1) is 0 Å². The van der Waals surface area contributed by atoms with Gasteiger partial charge in [0.05, 0.1) is 10.9 Å². The predicted molar refractivity (Wildman–Crippen MR) is 114 cm³/mol. The molecule has 3 aromatic carbocycles. The van der Waals surface area contributed by atoms with Crippen LogP contribution in [0.4, 0.5) is 17.6 Å². The summed E-state index contributed by atoms with van der Waals surface area (Å²) in [6.45, 7) is -0.448. The highest BCUT2D eigenvalue weighted by Crippen LogP contribution is 2.38. The molecule has 0 aliphatic rings. The van der Waals surface area contributed by atoms with Crippen LogP contribution in [0.1, 0.15) is 16.1 Å². The molecule has 0 aliphatic carbocycles. The van der Waals surface area contributed by atoms with Crippen molar-refractivity contribution in [1.82, 2.24) is 0 Å². The molecule has 0 amide bonds. The van der Waals surface area contributed by atoms with Crippen LogP contribution < -0.4 is 10.2 Å². The van der Waals surface area contributed by atoms with Crippen molar-refractivity contribution in [2.24, 2.45) is 0 Å². The fourth-order valence-corrected chi connectivity index (χ4v) is 3.34. The number of benzene rings is 3. The van der Waals surface area contributed by atoms with E-state index in [9.17, 15) is 27.2 Å². The number of carbonyl (C=O) groups is 1. The van der Waals surface area contributed by atoms with Crippen LogP contribution in [0, 0.1) is 5.82 Å². The molecule has 0 bridgehead atoms. The molecule has 0 saturated carbocycles. The number of fused-ring (bicyclic) bond motifs is 1. The van der Waals surface area contributed by atoms with Crippen molar-refractivity contribution in [1.29, 1.82) is 0 Å². The fraction of sp³-hybridized carbons (Fsp3) is 0.0833. The van der Waals surface area contributed by atoms with Crippen LogP contribution in [-0.4, -0.2) is 12.4 Å². The first kappa shape index (κ1) is 22.5. The summed E-state index contributed by atoms with van der Waals surface area (Å²) in [5, 5.41) is 0.208. The van der Waals surface area contributed by atoms with E-state index < -0.39 is 41.1 Å². The van der Waals surface area contributed by atoms with Crippen LogP contribution in [-0.2, 0) is 6.18 Å². The molecule has 33 heavy (non-hydrogen) atoms. The van der Waals surface area contributed by atoms with E-state index in [1.165, 1.54) is 48.5 Å². The van der Waals surface area contributed by atoms with Gasteiger partial charge in [0, 0.05) is 16.7 Å². The zero-order chi connectivity index (χ0) is 23.8. The van der Waals surface area contributed by atoms with Crippen molar-refractivity contribution in [3.63, 3.8) is 0 Å².